The Bertz CT molecular complexity index is 653. The Labute approximate surface area is 120 Å². The van der Waals surface area contributed by atoms with Gasteiger partial charge in [0.1, 0.15) is 5.75 Å². The molecular formula is C12H8BrNO4S. The Morgan fingerprint density at radius 1 is 1.21 bits per heavy atom. The van der Waals surface area contributed by atoms with E-state index in [0.717, 1.165) is 9.85 Å². The van der Waals surface area contributed by atoms with Crippen molar-refractivity contribution in [2.24, 2.45) is 0 Å². The van der Waals surface area contributed by atoms with Gasteiger partial charge in [-0.1, -0.05) is 0 Å². The van der Waals surface area contributed by atoms with Crippen LogP contribution in [-0.2, 0) is 0 Å². The van der Waals surface area contributed by atoms with Gasteiger partial charge in [0.2, 0.25) is 0 Å². The monoisotopic (exact) mass is 341 g/mol. The number of benzene rings is 1. The number of carboxylic acid groups (broad SMARTS) is 1. The molecule has 7 heteroatoms. The molecule has 1 heterocycles. The van der Waals surface area contributed by atoms with Crippen molar-refractivity contribution in [3.8, 4) is 5.75 Å². The van der Waals surface area contributed by atoms with Crippen molar-refractivity contribution in [1.82, 2.24) is 0 Å². The molecule has 0 fully saturated rings. The first kappa shape index (κ1) is 13.6. The number of carbonyl (C=O) groups excluding carboxylic acids is 1. The lowest BCUT2D eigenvalue weighted by atomic mass is 10.2. The minimum absolute atomic E-state index is 0.0469. The molecular weight excluding hydrogens is 334 g/mol. The summed E-state index contributed by atoms with van der Waals surface area (Å²) in [5, 5.41) is 20.9. The third-order valence-corrected chi connectivity index (χ3v) is 3.91. The predicted molar refractivity (Wildman–Crippen MR) is 75.0 cm³/mol. The summed E-state index contributed by atoms with van der Waals surface area (Å²) in [5.41, 5.74) is 0.119. The highest BCUT2D eigenvalue weighted by Crippen LogP contribution is 2.27. The van der Waals surface area contributed by atoms with Gasteiger partial charge in [-0.3, -0.25) is 4.79 Å². The number of anilines is 1. The Balaban J connectivity index is 2.20. The Hall–Kier alpha value is -1.86. The van der Waals surface area contributed by atoms with Crippen molar-refractivity contribution in [2.45, 2.75) is 0 Å². The first-order valence-electron chi connectivity index (χ1n) is 5.10. The lowest BCUT2D eigenvalue weighted by Gasteiger charge is -2.06. The van der Waals surface area contributed by atoms with E-state index in [1.54, 1.807) is 12.1 Å². The average Bonchev–Trinajstić information content (AvgIpc) is 2.78. The number of phenolic OH excluding ortho intramolecular Hbond substituents is 1. The lowest BCUT2D eigenvalue weighted by molar-refractivity contribution is 0.0696. The number of nitrogens with one attached hydrogen (secondary N) is 1. The maximum Gasteiger partial charge on any atom is 0.335 e. The number of hydrogen-bond donors (Lipinski definition) is 3. The number of carbonyl (C=O) groups is 2. The fraction of sp³-hybridized carbons (Fsp3) is 0. The van der Waals surface area contributed by atoms with Crippen LogP contribution in [0.4, 0.5) is 5.69 Å². The van der Waals surface area contributed by atoms with Gasteiger partial charge in [-0.25, -0.2) is 4.79 Å². The molecule has 1 aromatic carbocycles. The van der Waals surface area contributed by atoms with Gasteiger partial charge in [0.05, 0.1) is 19.9 Å². The van der Waals surface area contributed by atoms with Crippen LogP contribution in [0.25, 0.3) is 0 Å². The number of halogens is 1. The molecule has 0 aliphatic carbocycles. The Kier molecular flexibility index (Phi) is 3.87. The minimum atomic E-state index is -1.14. The normalized spacial score (nSPS) is 10.2. The standard InChI is InChI=1S/C12H8BrNO4S/c13-10-4-3-9(19-10)11(16)14-7-2-1-6(12(17)18)5-8(7)15/h1-5,15H,(H,14,16)(H,17,18). The number of amides is 1. The van der Waals surface area contributed by atoms with Gasteiger partial charge in [0, 0.05) is 0 Å². The van der Waals surface area contributed by atoms with Crippen molar-refractivity contribution in [3.05, 3.63) is 44.6 Å². The van der Waals surface area contributed by atoms with Crippen LogP contribution in [0.3, 0.4) is 0 Å². The van der Waals surface area contributed by atoms with Crippen LogP contribution in [0.5, 0.6) is 5.75 Å². The molecule has 0 saturated heterocycles. The third-order valence-electron chi connectivity index (χ3n) is 2.29. The summed E-state index contributed by atoms with van der Waals surface area (Å²) in [5.74, 6) is -1.80. The minimum Gasteiger partial charge on any atom is -0.506 e. The maximum atomic E-state index is 11.8. The van der Waals surface area contributed by atoms with Crippen LogP contribution in [0.15, 0.2) is 34.1 Å². The van der Waals surface area contributed by atoms with Crippen molar-refractivity contribution in [2.75, 3.05) is 5.32 Å². The molecule has 0 bridgehead atoms. The molecule has 0 spiro atoms. The highest BCUT2D eigenvalue weighted by Gasteiger charge is 2.12. The van der Waals surface area contributed by atoms with E-state index in [9.17, 15) is 14.7 Å². The number of aromatic hydroxyl groups is 1. The molecule has 0 unspecified atom stereocenters. The second kappa shape index (κ2) is 5.41. The van der Waals surface area contributed by atoms with Crippen molar-refractivity contribution in [1.29, 1.82) is 0 Å². The number of carboxylic acids is 1. The zero-order valence-corrected chi connectivity index (χ0v) is 11.8. The van der Waals surface area contributed by atoms with Crippen LogP contribution < -0.4 is 5.32 Å². The fourth-order valence-corrected chi connectivity index (χ4v) is 2.67. The van der Waals surface area contributed by atoms with Crippen LogP contribution in [-0.4, -0.2) is 22.1 Å². The van der Waals surface area contributed by atoms with Gasteiger partial charge >= 0.3 is 5.97 Å². The summed E-state index contributed by atoms with van der Waals surface area (Å²) in [4.78, 5) is 23.0. The number of aromatic carboxylic acids is 1. The molecule has 2 rings (SSSR count). The van der Waals surface area contributed by atoms with E-state index in [4.69, 9.17) is 5.11 Å². The summed E-state index contributed by atoms with van der Waals surface area (Å²) < 4.78 is 0.822. The number of hydrogen-bond acceptors (Lipinski definition) is 4. The first-order chi connectivity index (χ1) is 8.97. The highest BCUT2D eigenvalue weighted by atomic mass is 79.9. The van der Waals surface area contributed by atoms with Gasteiger partial charge in [0.25, 0.3) is 5.91 Å². The van der Waals surface area contributed by atoms with E-state index in [2.05, 4.69) is 21.2 Å². The molecule has 3 N–H and O–H groups in total. The zero-order valence-electron chi connectivity index (χ0n) is 9.38. The molecule has 2 aromatic rings. The van der Waals surface area contributed by atoms with Crippen molar-refractivity contribution < 1.29 is 19.8 Å². The second-order valence-electron chi connectivity index (χ2n) is 3.59. The van der Waals surface area contributed by atoms with Gasteiger partial charge in [-0.15, -0.1) is 11.3 Å². The van der Waals surface area contributed by atoms with Crippen molar-refractivity contribution in [3.63, 3.8) is 0 Å². The third kappa shape index (κ3) is 3.12. The van der Waals surface area contributed by atoms with Gasteiger partial charge in [0.15, 0.2) is 0 Å². The topological polar surface area (TPSA) is 86.6 Å². The largest absolute Gasteiger partial charge is 0.506 e. The fourth-order valence-electron chi connectivity index (χ4n) is 1.39. The molecule has 0 aliphatic rings. The summed E-state index contributed by atoms with van der Waals surface area (Å²) in [6.07, 6.45) is 0. The van der Waals surface area contributed by atoms with Crippen LogP contribution >= 0.6 is 27.3 Å². The molecule has 5 nitrogen and oxygen atoms in total. The average molecular weight is 342 g/mol. The quantitative estimate of drug-likeness (QED) is 0.748. The summed E-state index contributed by atoms with van der Waals surface area (Å²) in [6, 6.07) is 7.13. The molecule has 0 aliphatic heterocycles. The summed E-state index contributed by atoms with van der Waals surface area (Å²) in [7, 11) is 0. The lowest BCUT2D eigenvalue weighted by Crippen LogP contribution is -2.10. The predicted octanol–water partition coefficient (Wildman–Crippen LogP) is 3.17. The molecule has 0 saturated carbocycles. The number of thiophene rings is 1. The van der Waals surface area contributed by atoms with E-state index >= 15 is 0 Å². The smallest absolute Gasteiger partial charge is 0.335 e. The van der Waals surface area contributed by atoms with Crippen LogP contribution in [0, 0.1) is 0 Å². The van der Waals surface area contributed by atoms with E-state index < -0.39 is 5.97 Å². The van der Waals surface area contributed by atoms with E-state index in [1.165, 1.54) is 23.5 Å². The second-order valence-corrected chi connectivity index (χ2v) is 6.06. The molecule has 0 atom stereocenters. The SMILES string of the molecule is O=C(O)c1ccc(NC(=O)c2ccc(Br)s2)c(O)c1. The molecule has 1 amide bonds. The van der Waals surface area contributed by atoms with Crippen molar-refractivity contribution >= 4 is 44.8 Å². The first-order valence-corrected chi connectivity index (χ1v) is 6.71. The van der Waals surface area contributed by atoms with Crippen LogP contribution in [0.1, 0.15) is 20.0 Å². The maximum absolute atomic E-state index is 11.8. The molecule has 0 radical (unpaired) electrons. The Morgan fingerprint density at radius 2 is 1.95 bits per heavy atom. The van der Waals surface area contributed by atoms with E-state index in [1.807, 2.05) is 0 Å². The van der Waals surface area contributed by atoms with E-state index in [0.29, 0.717) is 4.88 Å². The van der Waals surface area contributed by atoms with Gasteiger partial charge < -0.3 is 15.5 Å². The molecule has 1 aromatic heterocycles. The van der Waals surface area contributed by atoms with Gasteiger partial charge in [-0.05, 0) is 46.3 Å². The summed E-state index contributed by atoms with van der Waals surface area (Å²) in [6.45, 7) is 0. The highest BCUT2D eigenvalue weighted by molar-refractivity contribution is 9.11. The molecule has 19 heavy (non-hydrogen) atoms. The van der Waals surface area contributed by atoms with E-state index in [-0.39, 0.29) is 22.9 Å². The Morgan fingerprint density at radius 3 is 2.47 bits per heavy atom. The van der Waals surface area contributed by atoms with Crippen LogP contribution in [0.2, 0.25) is 0 Å². The number of rotatable bonds is 3. The number of phenols is 1. The zero-order chi connectivity index (χ0) is 14.0. The summed E-state index contributed by atoms with van der Waals surface area (Å²) >= 11 is 4.51. The molecule has 98 valence electrons. The van der Waals surface area contributed by atoms with Gasteiger partial charge in [-0.2, -0.15) is 0 Å².